The van der Waals surface area contributed by atoms with Crippen molar-refractivity contribution in [1.29, 1.82) is 0 Å². The van der Waals surface area contributed by atoms with E-state index in [9.17, 15) is 0 Å². The molecule has 0 heterocycles. The summed E-state index contributed by atoms with van der Waals surface area (Å²) < 4.78 is 11.1. The van der Waals surface area contributed by atoms with Gasteiger partial charge >= 0.3 is 0 Å². The third kappa shape index (κ3) is 3.91. The lowest BCUT2D eigenvalue weighted by molar-refractivity contribution is 0.312. The van der Waals surface area contributed by atoms with E-state index in [0.29, 0.717) is 13.2 Å². The zero-order chi connectivity index (χ0) is 13.5. The molecule has 0 aliphatic carbocycles. The van der Waals surface area contributed by atoms with Crippen LogP contribution in [0, 0.1) is 0 Å². The van der Waals surface area contributed by atoms with Crippen LogP contribution in [0.25, 0.3) is 0 Å². The predicted octanol–water partition coefficient (Wildman–Crippen LogP) is 3.29. The number of rotatable bonds is 6. The SMILES string of the molecule is CCOc1cccc(OCCc2ccccc2N)c1. The maximum atomic E-state index is 5.89. The molecule has 0 aromatic heterocycles. The van der Waals surface area contributed by atoms with E-state index in [1.807, 2.05) is 55.5 Å². The van der Waals surface area contributed by atoms with Gasteiger partial charge in [-0.25, -0.2) is 0 Å². The third-order valence-electron chi connectivity index (χ3n) is 2.81. The second kappa shape index (κ2) is 6.69. The Balaban J connectivity index is 1.89. The van der Waals surface area contributed by atoms with Gasteiger partial charge in [-0.1, -0.05) is 24.3 Å². The summed E-state index contributed by atoms with van der Waals surface area (Å²) in [6, 6.07) is 15.5. The fraction of sp³-hybridized carbons (Fsp3) is 0.250. The average molecular weight is 257 g/mol. The maximum absolute atomic E-state index is 5.89. The van der Waals surface area contributed by atoms with Crippen LogP contribution in [0.4, 0.5) is 5.69 Å². The number of hydrogen-bond donors (Lipinski definition) is 1. The summed E-state index contributed by atoms with van der Waals surface area (Å²) in [7, 11) is 0. The van der Waals surface area contributed by atoms with Crippen LogP contribution in [0.5, 0.6) is 11.5 Å². The quantitative estimate of drug-likeness (QED) is 0.808. The van der Waals surface area contributed by atoms with Crippen molar-refractivity contribution in [2.24, 2.45) is 0 Å². The number of hydrogen-bond acceptors (Lipinski definition) is 3. The Labute approximate surface area is 114 Å². The second-order valence-corrected chi connectivity index (χ2v) is 4.21. The molecule has 0 unspecified atom stereocenters. The van der Waals surface area contributed by atoms with Crippen molar-refractivity contribution < 1.29 is 9.47 Å². The number of nitrogen functional groups attached to an aromatic ring is 1. The summed E-state index contributed by atoms with van der Waals surface area (Å²) in [5.41, 5.74) is 7.82. The molecule has 0 aliphatic rings. The van der Waals surface area contributed by atoms with E-state index in [-0.39, 0.29) is 0 Å². The topological polar surface area (TPSA) is 44.5 Å². The van der Waals surface area contributed by atoms with Crippen LogP contribution in [0.3, 0.4) is 0 Å². The summed E-state index contributed by atoms with van der Waals surface area (Å²) in [6.45, 7) is 3.22. The number of benzene rings is 2. The molecule has 2 N–H and O–H groups in total. The van der Waals surface area contributed by atoms with Gasteiger partial charge in [-0.05, 0) is 30.7 Å². The van der Waals surface area contributed by atoms with Crippen LogP contribution < -0.4 is 15.2 Å². The number of anilines is 1. The highest BCUT2D eigenvalue weighted by molar-refractivity contribution is 5.46. The normalized spacial score (nSPS) is 10.2. The molecular weight excluding hydrogens is 238 g/mol. The van der Waals surface area contributed by atoms with Crippen LogP contribution in [-0.4, -0.2) is 13.2 Å². The lowest BCUT2D eigenvalue weighted by Gasteiger charge is -2.09. The van der Waals surface area contributed by atoms with Crippen LogP contribution in [0.1, 0.15) is 12.5 Å². The molecule has 3 nitrogen and oxygen atoms in total. The summed E-state index contributed by atoms with van der Waals surface area (Å²) in [6.07, 6.45) is 0.797. The van der Waals surface area contributed by atoms with Gasteiger partial charge in [0, 0.05) is 18.2 Å². The zero-order valence-corrected chi connectivity index (χ0v) is 11.1. The van der Waals surface area contributed by atoms with E-state index >= 15 is 0 Å². The van der Waals surface area contributed by atoms with E-state index in [0.717, 1.165) is 29.2 Å². The van der Waals surface area contributed by atoms with Crippen molar-refractivity contribution in [3.63, 3.8) is 0 Å². The Morgan fingerprint density at radius 3 is 2.42 bits per heavy atom. The van der Waals surface area contributed by atoms with Crippen molar-refractivity contribution in [1.82, 2.24) is 0 Å². The number of ether oxygens (including phenoxy) is 2. The molecule has 0 atom stereocenters. The molecule has 2 aromatic rings. The lowest BCUT2D eigenvalue weighted by Crippen LogP contribution is -2.04. The number of para-hydroxylation sites is 1. The fourth-order valence-corrected chi connectivity index (χ4v) is 1.86. The first-order chi connectivity index (χ1) is 9.29. The Morgan fingerprint density at radius 2 is 1.68 bits per heavy atom. The highest BCUT2D eigenvalue weighted by atomic mass is 16.5. The van der Waals surface area contributed by atoms with Crippen molar-refractivity contribution in [2.45, 2.75) is 13.3 Å². The fourth-order valence-electron chi connectivity index (χ4n) is 1.86. The highest BCUT2D eigenvalue weighted by Gasteiger charge is 2.00. The summed E-state index contributed by atoms with van der Waals surface area (Å²) in [5.74, 6) is 1.65. The minimum atomic E-state index is 0.601. The van der Waals surface area contributed by atoms with Crippen molar-refractivity contribution in [3.8, 4) is 11.5 Å². The molecule has 0 amide bonds. The maximum Gasteiger partial charge on any atom is 0.122 e. The molecule has 0 spiro atoms. The molecule has 3 heteroatoms. The van der Waals surface area contributed by atoms with Crippen LogP contribution in [0.2, 0.25) is 0 Å². The number of nitrogens with two attached hydrogens (primary N) is 1. The zero-order valence-electron chi connectivity index (χ0n) is 11.1. The van der Waals surface area contributed by atoms with E-state index in [1.165, 1.54) is 0 Å². The smallest absolute Gasteiger partial charge is 0.122 e. The van der Waals surface area contributed by atoms with E-state index in [1.54, 1.807) is 0 Å². The Hall–Kier alpha value is -2.16. The first kappa shape index (κ1) is 13.3. The minimum absolute atomic E-state index is 0.601. The molecule has 0 radical (unpaired) electrons. The highest BCUT2D eigenvalue weighted by Crippen LogP contribution is 2.20. The van der Waals surface area contributed by atoms with Gasteiger partial charge in [0.05, 0.1) is 13.2 Å². The lowest BCUT2D eigenvalue weighted by atomic mass is 10.1. The Kier molecular flexibility index (Phi) is 4.67. The molecular formula is C16H19NO2. The molecule has 0 saturated heterocycles. The first-order valence-corrected chi connectivity index (χ1v) is 6.48. The molecule has 0 bridgehead atoms. The van der Waals surface area contributed by atoms with Crippen molar-refractivity contribution in [3.05, 3.63) is 54.1 Å². The molecule has 0 aliphatic heterocycles. The predicted molar refractivity (Wildman–Crippen MR) is 77.7 cm³/mol. The third-order valence-corrected chi connectivity index (χ3v) is 2.81. The van der Waals surface area contributed by atoms with Gasteiger partial charge in [-0.15, -0.1) is 0 Å². The monoisotopic (exact) mass is 257 g/mol. The first-order valence-electron chi connectivity index (χ1n) is 6.48. The molecule has 0 fully saturated rings. The van der Waals surface area contributed by atoms with Crippen molar-refractivity contribution in [2.75, 3.05) is 18.9 Å². The molecule has 2 rings (SSSR count). The molecule has 0 saturated carbocycles. The van der Waals surface area contributed by atoms with Gasteiger partial charge in [0.25, 0.3) is 0 Å². The summed E-state index contributed by atoms with van der Waals surface area (Å²) >= 11 is 0. The van der Waals surface area contributed by atoms with E-state index < -0.39 is 0 Å². The van der Waals surface area contributed by atoms with Gasteiger partial charge in [-0.2, -0.15) is 0 Å². The largest absolute Gasteiger partial charge is 0.494 e. The van der Waals surface area contributed by atoms with Crippen molar-refractivity contribution >= 4 is 5.69 Å². The molecule has 100 valence electrons. The van der Waals surface area contributed by atoms with E-state index in [4.69, 9.17) is 15.2 Å². The van der Waals surface area contributed by atoms with Crippen LogP contribution >= 0.6 is 0 Å². The van der Waals surface area contributed by atoms with Gasteiger partial charge < -0.3 is 15.2 Å². The second-order valence-electron chi connectivity index (χ2n) is 4.21. The van der Waals surface area contributed by atoms with Crippen LogP contribution in [-0.2, 0) is 6.42 Å². The van der Waals surface area contributed by atoms with Gasteiger partial charge in [0.1, 0.15) is 11.5 Å². The minimum Gasteiger partial charge on any atom is -0.494 e. The van der Waals surface area contributed by atoms with Crippen LogP contribution in [0.15, 0.2) is 48.5 Å². The Bertz CT molecular complexity index is 526. The van der Waals surface area contributed by atoms with Gasteiger partial charge in [-0.3, -0.25) is 0 Å². The molecule has 2 aromatic carbocycles. The van der Waals surface area contributed by atoms with Gasteiger partial charge in [0.2, 0.25) is 0 Å². The molecule has 19 heavy (non-hydrogen) atoms. The Morgan fingerprint density at radius 1 is 0.947 bits per heavy atom. The summed E-state index contributed by atoms with van der Waals surface area (Å²) in [4.78, 5) is 0. The van der Waals surface area contributed by atoms with Gasteiger partial charge in [0.15, 0.2) is 0 Å². The average Bonchev–Trinajstić information content (AvgIpc) is 2.42. The van der Waals surface area contributed by atoms with E-state index in [2.05, 4.69) is 0 Å². The standard InChI is InChI=1S/C16H19NO2/c1-2-18-14-7-5-8-15(12-14)19-11-10-13-6-3-4-9-16(13)17/h3-9,12H,2,10-11,17H2,1H3. The summed E-state index contributed by atoms with van der Waals surface area (Å²) in [5, 5.41) is 0.